The Balaban J connectivity index is 1.66. The van der Waals surface area contributed by atoms with E-state index in [1.807, 2.05) is 13.0 Å². The summed E-state index contributed by atoms with van der Waals surface area (Å²) in [5, 5.41) is -0.562. The maximum Gasteiger partial charge on any atom is 0.247 e. The van der Waals surface area contributed by atoms with Gasteiger partial charge in [-0.3, -0.25) is 0 Å². The molecule has 162 valence electrons. The Kier molecular flexibility index (Phi) is 5.67. The smallest absolute Gasteiger partial charge is 0.247 e. The maximum absolute atomic E-state index is 13.6. The number of fused-ring (bicyclic) bond motifs is 2. The van der Waals surface area contributed by atoms with Gasteiger partial charge in [0.1, 0.15) is 10.6 Å². The molecule has 0 amide bonds. The number of methoxy groups -OCH3 is 1. The van der Waals surface area contributed by atoms with E-state index in [1.165, 1.54) is 7.11 Å². The van der Waals surface area contributed by atoms with Crippen LogP contribution in [0.5, 0.6) is 5.75 Å². The third kappa shape index (κ3) is 3.55. The molecule has 2 bridgehead atoms. The van der Waals surface area contributed by atoms with Crippen molar-refractivity contribution in [2.75, 3.05) is 7.11 Å². The Labute approximate surface area is 178 Å². The second-order valence-corrected chi connectivity index (χ2v) is 12.0. The van der Waals surface area contributed by atoms with E-state index < -0.39 is 25.1 Å². The van der Waals surface area contributed by atoms with Crippen molar-refractivity contribution in [3.8, 4) is 5.75 Å². The number of piperidine rings is 1. The first kappa shape index (κ1) is 21.3. The fourth-order valence-electron chi connectivity index (χ4n) is 4.79. The predicted molar refractivity (Wildman–Crippen MR) is 115 cm³/mol. The summed E-state index contributed by atoms with van der Waals surface area (Å²) in [5.41, 5.74) is 0.920. The van der Waals surface area contributed by atoms with Gasteiger partial charge >= 0.3 is 0 Å². The minimum Gasteiger partial charge on any atom is -0.495 e. The fourth-order valence-corrected chi connectivity index (χ4v) is 8.76. The summed E-state index contributed by atoms with van der Waals surface area (Å²) in [6, 6.07) is 13.1. The van der Waals surface area contributed by atoms with E-state index in [2.05, 4.69) is 0 Å². The molecule has 0 radical (unpaired) electrons. The van der Waals surface area contributed by atoms with Crippen molar-refractivity contribution in [3.05, 3.63) is 54.1 Å². The van der Waals surface area contributed by atoms with Crippen molar-refractivity contribution in [1.29, 1.82) is 0 Å². The summed E-state index contributed by atoms with van der Waals surface area (Å²) >= 11 is 0. The molecule has 2 heterocycles. The van der Waals surface area contributed by atoms with Gasteiger partial charge in [0.2, 0.25) is 10.0 Å². The van der Waals surface area contributed by atoms with E-state index in [0.717, 1.165) is 12.0 Å². The molecule has 0 aliphatic carbocycles. The second-order valence-electron chi connectivity index (χ2n) is 8.01. The lowest BCUT2D eigenvalue weighted by Crippen LogP contribution is -2.49. The van der Waals surface area contributed by atoms with Crippen molar-refractivity contribution in [3.63, 3.8) is 0 Å². The van der Waals surface area contributed by atoms with Crippen molar-refractivity contribution in [1.82, 2.24) is 4.31 Å². The Morgan fingerprint density at radius 2 is 1.60 bits per heavy atom. The second kappa shape index (κ2) is 7.98. The molecule has 2 saturated heterocycles. The highest BCUT2D eigenvalue weighted by Gasteiger charge is 2.50. The molecule has 0 saturated carbocycles. The zero-order valence-electron chi connectivity index (χ0n) is 17.2. The topological polar surface area (TPSA) is 80.8 Å². The SMILES string of the molecule is CCc1ccc(OC)c(S(=O)(=O)N2C3CCC2CC(S(=O)(=O)c2ccccc2)C3)c1. The number of sulfone groups is 1. The molecule has 6 nitrogen and oxygen atoms in total. The molecule has 2 aromatic rings. The molecular weight excluding hydrogens is 422 g/mol. The van der Waals surface area contributed by atoms with Gasteiger partial charge in [-0.2, -0.15) is 4.31 Å². The summed E-state index contributed by atoms with van der Waals surface area (Å²) < 4.78 is 60.4. The number of sulfonamides is 1. The maximum atomic E-state index is 13.6. The number of nitrogens with zero attached hydrogens (tertiary/aromatic N) is 1. The first-order chi connectivity index (χ1) is 14.3. The van der Waals surface area contributed by atoms with Crippen LogP contribution in [-0.2, 0) is 26.3 Å². The minimum absolute atomic E-state index is 0.172. The number of aryl methyl sites for hydroxylation is 1. The van der Waals surface area contributed by atoms with E-state index in [-0.39, 0.29) is 17.0 Å². The van der Waals surface area contributed by atoms with Gasteiger partial charge in [0.15, 0.2) is 9.84 Å². The van der Waals surface area contributed by atoms with Crippen molar-refractivity contribution >= 4 is 19.9 Å². The molecule has 2 aliphatic rings. The van der Waals surface area contributed by atoms with Crippen molar-refractivity contribution < 1.29 is 21.6 Å². The lowest BCUT2D eigenvalue weighted by Gasteiger charge is -2.37. The molecule has 2 aromatic carbocycles. The first-order valence-electron chi connectivity index (χ1n) is 10.3. The van der Waals surface area contributed by atoms with Crippen LogP contribution in [0.4, 0.5) is 0 Å². The predicted octanol–water partition coefficient (Wildman–Crippen LogP) is 3.42. The Morgan fingerprint density at radius 1 is 0.967 bits per heavy atom. The molecule has 30 heavy (non-hydrogen) atoms. The van der Waals surface area contributed by atoms with Gasteiger partial charge in [-0.25, -0.2) is 16.8 Å². The van der Waals surface area contributed by atoms with Crippen LogP contribution in [0.3, 0.4) is 0 Å². The summed E-state index contributed by atoms with van der Waals surface area (Å²) in [4.78, 5) is 0.480. The van der Waals surface area contributed by atoms with E-state index in [0.29, 0.717) is 36.3 Å². The molecule has 2 unspecified atom stereocenters. The number of rotatable bonds is 6. The molecule has 4 rings (SSSR count). The normalized spacial score (nSPS) is 24.7. The van der Waals surface area contributed by atoms with Crippen LogP contribution < -0.4 is 4.74 Å². The van der Waals surface area contributed by atoms with Crippen LogP contribution >= 0.6 is 0 Å². The summed E-state index contributed by atoms with van der Waals surface area (Å²) in [6.07, 6.45) is 2.73. The highest BCUT2D eigenvalue weighted by molar-refractivity contribution is 7.92. The van der Waals surface area contributed by atoms with Gasteiger partial charge in [0.05, 0.1) is 17.3 Å². The van der Waals surface area contributed by atoms with Crippen molar-refractivity contribution in [2.24, 2.45) is 0 Å². The summed E-state index contributed by atoms with van der Waals surface area (Å²) in [7, 11) is -5.82. The molecule has 2 fully saturated rings. The van der Waals surface area contributed by atoms with Crippen LogP contribution in [-0.4, -0.2) is 45.6 Å². The molecule has 0 aromatic heterocycles. The number of hydrogen-bond donors (Lipinski definition) is 0. The molecule has 0 spiro atoms. The van der Waals surface area contributed by atoms with Crippen LogP contribution in [0, 0.1) is 0 Å². The van der Waals surface area contributed by atoms with Crippen LogP contribution in [0.15, 0.2) is 58.3 Å². The van der Waals surface area contributed by atoms with Gasteiger partial charge in [0.25, 0.3) is 0 Å². The first-order valence-corrected chi connectivity index (χ1v) is 13.3. The van der Waals surface area contributed by atoms with E-state index in [4.69, 9.17) is 4.74 Å². The third-order valence-electron chi connectivity index (χ3n) is 6.33. The zero-order chi connectivity index (χ0) is 21.5. The quantitative estimate of drug-likeness (QED) is 0.675. The van der Waals surface area contributed by atoms with Crippen LogP contribution in [0.25, 0.3) is 0 Å². The fraction of sp³-hybridized carbons (Fsp3) is 0.455. The Morgan fingerprint density at radius 3 is 2.17 bits per heavy atom. The summed E-state index contributed by atoms with van der Waals surface area (Å²) in [5.74, 6) is 0.325. The highest BCUT2D eigenvalue weighted by Crippen LogP contribution is 2.44. The average molecular weight is 450 g/mol. The minimum atomic E-state index is -3.79. The van der Waals surface area contributed by atoms with Gasteiger partial charge < -0.3 is 4.74 Å². The lowest BCUT2D eigenvalue weighted by atomic mass is 10.1. The van der Waals surface area contributed by atoms with Gasteiger partial charge in [-0.05, 0) is 61.9 Å². The van der Waals surface area contributed by atoms with E-state index in [9.17, 15) is 16.8 Å². The Hall–Kier alpha value is -1.90. The van der Waals surface area contributed by atoms with Gasteiger partial charge in [-0.1, -0.05) is 31.2 Å². The van der Waals surface area contributed by atoms with Gasteiger partial charge in [-0.15, -0.1) is 0 Å². The van der Waals surface area contributed by atoms with E-state index in [1.54, 1.807) is 46.8 Å². The Bertz CT molecular complexity index is 1120. The van der Waals surface area contributed by atoms with Crippen LogP contribution in [0.1, 0.15) is 38.2 Å². The average Bonchev–Trinajstić information content (AvgIpc) is 3.04. The molecular formula is C22H27NO5S2. The number of hydrogen-bond acceptors (Lipinski definition) is 5. The molecule has 0 N–H and O–H groups in total. The number of benzene rings is 2. The molecule has 2 atom stereocenters. The third-order valence-corrected chi connectivity index (χ3v) is 10.5. The standard InChI is InChI=1S/C22H27NO5S2/c1-3-16-9-12-21(28-2)22(13-16)30(26,27)23-17-10-11-18(23)15-20(14-17)29(24,25)19-7-5-4-6-8-19/h4-9,12-13,17-18,20H,3,10-11,14-15H2,1-2H3. The highest BCUT2D eigenvalue weighted by atomic mass is 32.2. The lowest BCUT2D eigenvalue weighted by molar-refractivity contribution is 0.248. The van der Waals surface area contributed by atoms with Crippen LogP contribution in [0.2, 0.25) is 0 Å². The van der Waals surface area contributed by atoms with Gasteiger partial charge in [0, 0.05) is 12.1 Å². The van der Waals surface area contributed by atoms with Crippen molar-refractivity contribution in [2.45, 2.75) is 66.2 Å². The zero-order valence-corrected chi connectivity index (χ0v) is 18.8. The number of ether oxygens (including phenoxy) is 1. The monoisotopic (exact) mass is 449 g/mol. The molecule has 8 heteroatoms. The molecule has 2 aliphatic heterocycles. The van der Waals surface area contributed by atoms with E-state index >= 15 is 0 Å². The summed E-state index contributed by atoms with van der Waals surface area (Å²) in [6.45, 7) is 1.97. The largest absolute Gasteiger partial charge is 0.495 e.